The van der Waals surface area contributed by atoms with Gasteiger partial charge in [0.1, 0.15) is 0 Å². The zero-order valence-corrected chi connectivity index (χ0v) is 16.6. The molecule has 0 N–H and O–H groups in total. The number of allylic oxidation sites excluding steroid dienone is 3. The van der Waals surface area contributed by atoms with Crippen LogP contribution in [0.4, 0.5) is 5.69 Å². The van der Waals surface area contributed by atoms with E-state index in [2.05, 4.69) is 0 Å². The molecule has 0 saturated carbocycles. The van der Waals surface area contributed by atoms with Gasteiger partial charge in [0.15, 0.2) is 5.78 Å². The molecule has 0 fully saturated rings. The molecule has 0 amide bonds. The maximum atomic E-state index is 13.5. The third kappa shape index (κ3) is 4.27. The van der Waals surface area contributed by atoms with Crippen LogP contribution in [-0.4, -0.2) is 23.4 Å². The third-order valence-corrected chi connectivity index (χ3v) is 6.42. The molecule has 3 rings (SSSR count). The molecule has 0 radical (unpaired) electrons. The van der Waals surface area contributed by atoms with Crippen LogP contribution in [-0.2, 0) is 21.4 Å². The minimum atomic E-state index is -4.06. The van der Waals surface area contributed by atoms with Crippen LogP contribution in [0.15, 0.2) is 82.9 Å². The number of benzene rings is 2. The van der Waals surface area contributed by atoms with Crippen molar-refractivity contribution in [2.45, 2.75) is 31.2 Å². The van der Waals surface area contributed by atoms with Crippen LogP contribution in [0.3, 0.4) is 0 Å². The lowest BCUT2D eigenvalue weighted by molar-refractivity contribution is -0.384. The van der Waals surface area contributed by atoms with Crippen molar-refractivity contribution in [2.75, 3.05) is 0 Å². The zero-order chi connectivity index (χ0) is 21.0. The van der Waals surface area contributed by atoms with Crippen LogP contribution in [0.5, 0.6) is 0 Å². The molecule has 7 nitrogen and oxygen atoms in total. The number of hydrogen-bond acceptors (Lipinski definition) is 5. The first-order valence-corrected chi connectivity index (χ1v) is 10.5. The Morgan fingerprint density at radius 2 is 1.79 bits per heavy atom. The van der Waals surface area contributed by atoms with Gasteiger partial charge in [0.25, 0.3) is 15.7 Å². The van der Waals surface area contributed by atoms with Crippen molar-refractivity contribution in [1.82, 2.24) is 4.31 Å². The topological polar surface area (TPSA) is 97.6 Å². The Morgan fingerprint density at radius 1 is 1.14 bits per heavy atom. The van der Waals surface area contributed by atoms with Crippen LogP contribution < -0.4 is 0 Å². The van der Waals surface area contributed by atoms with E-state index in [0.717, 1.165) is 17.7 Å². The van der Waals surface area contributed by atoms with Gasteiger partial charge in [-0.25, -0.2) is 8.42 Å². The van der Waals surface area contributed by atoms with Crippen LogP contribution in [0.1, 0.15) is 25.3 Å². The lowest BCUT2D eigenvalue weighted by Crippen LogP contribution is -2.31. The smallest absolute Gasteiger partial charge is 0.269 e. The number of non-ortho nitro benzene ring substituents is 1. The van der Waals surface area contributed by atoms with Gasteiger partial charge >= 0.3 is 0 Å². The maximum absolute atomic E-state index is 13.5. The summed E-state index contributed by atoms with van der Waals surface area (Å²) in [5.41, 5.74) is 1.26. The minimum absolute atomic E-state index is 0.0322. The summed E-state index contributed by atoms with van der Waals surface area (Å²) in [6.45, 7) is 1.72. The number of hydrogen-bond donors (Lipinski definition) is 0. The van der Waals surface area contributed by atoms with Gasteiger partial charge < -0.3 is 0 Å². The van der Waals surface area contributed by atoms with Crippen molar-refractivity contribution in [2.24, 2.45) is 0 Å². The second-order valence-corrected chi connectivity index (χ2v) is 8.36. The van der Waals surface area contributed by atoms with Crippen LogP contribution in [0.2, 0.25) is 0 Å². The molecule has 0 atom stereocenters. The van der Waals surface area contributed by atoms with Crippen molar-refractivity contribution in [1.29, 1.82) is 0 Å². The van der Waals surface area contributed by atoms with Gasteiger partial charge in [-0.15, -0.1) is 0 Å². The van der Waals surface area contributed by atoms with Gasteiger partial charge in [0, 0.05) is 24.1 Å². The summed E-state index contributed by atoms with van der Waals surface area (Å²) in [5, 5.41) is 10.9. The molecular formula is C21H20N2O5S. The van der Waals surface area contributed by atoms with Crippen molar-refractivity contribution < 1.29 is 18.1 Å². The molecule has 0 aromatic heterocycles. The predicted molar refractivity (Wildman–Crippen MR) is 108 cm³/mol. The van der Waals surface area contributed by atoms with Gasteiger partial charge in [0.2, 0.25) is 0 Å². The normalized spacial score (nSPS) is 14.6. The second-order valence-electron chi connectivity index (χ2n) is 6.50. The first-order valence-electron chi connectivity index (χ1n) is 9.05. The Labute approximate surface area is 169 Å². The average molecular weight is 412 g/mol. The van der Waals surface area contributed by atoms with E-state index in [1.807, 2.05) is 6.07 Å². The van der Waals surface area contributed by atoms with E-state index in [9.17, 15) is 23.3 Å². The molecule has 8 heteroatoms. The first kappa shape index (κ1) is 20.5. The highest BCUT2D eigenvalue weighted by atomic mass is 32.2. The fourth-order valence-electron chi connectivity index (χ4n) is 3.19. The third-order valence-electron chi connectivity index (χ3n) is 4.64. The molecule has 0 bridgehead atoms. The number of nitrogens with zero attached hydrogens (tertiary/aromatic N) is 2. The van der Waals surface area contributed by atoms with Crippen LogP contribution in [0.25, 0.3) is 0 Å². The largest absolute Gasteiger partial charge is 0.294 e. The Balaban J connectivity index is 2.08. The molecule has 0 saturated heterocycles. The van der Waals surface area contributed by atoms with Crippen molar-refractivity contribution in [3.63, 3.8) is 0 Å². The van der Waals surface area contributed by atoms with E-state index in [4.69, 9.17) is 0 Å². The monoisotopic (exact) mass is 412 g/mol. The fraction of sp³-hybridized carbons (Fsp3) is 0.190. The second kappa shape index (κ2) is 8.40. The molecule has 29 heavy (non-hydrogen) atoms. The number of carbonyl (C=O) groups excluding carboxylic acids is 1. The summed E-state index contributed by atoms with van der Waals surface area (Å²) >= 11 is 0. The highest BCUT2D eigenvalue weighted by Crippen LogP contribution is 2.31. The SMILES string of the molecule is C/C=C(\C1=CCCC1=O)N(Cc1ccccc1)S(=O)(=O)c1ccc([N+](=O)[O-])cc1. The number of Topliss-reactive ketones (excluding diaryl/α,β-unsaturated/α-hetero) is 1. The van der Waals surface area contributed by atoms with Gasteiger partial charge in [-0.2, -0.15) is 0 Å². The highest BCUT2D eigenvalue weighted by Gasteiger charge is 2.31. The molecule has 0 spiro atoms. The molecule has 0 aliphatic heterocycles. The Bertz CT molecular complexity index is 1090. The van der Waals surface area contributed by atoms with Gasteiger partial charge in [-0.3, -0.25) is 19.2 Å². The molecule has 1 aliphatic carbocycles. The minimum Gasteiger partial charge on any atom is -0.294 e. The fourth-order valence-corrected chi connectivity index (χ4v) is 4.71. The summed E-state index contributed by atoms with van der Waals surface area (Å²) < 4.78 is 28.1. The number of rotatable bonds is 7. The van der Waals surface area contributed by atoms with E-state index in [1.165, 1.54) is 16.4 Å². The number of ketones is 1. The molecular weight excluding hydrogens is 392 g/mol. The highest BCUT2D eigenvalue weighted by molar-refractivity contribution is 7.89. The molecule has 150 valence electrons. The number of carbonyl (C=O) groups is 1. The molecule has 2 aromatic carbocycles. The lowest BCUT2D eigenvalue weighted by Gasteiger charge is -2.27. The van der Waals surface area contributed by atoms with Gasteiger partial charge in [0.05, 0.1) is 22.1 Å². The van der Waals surface area contributed by atoms with E-state index >= 15 is 0 Å². The van der Waals surface area contributed by atoms with E-state index in [-0.39, 0.29) is 22.9 Å². The summed E-state index contributed by atoms with van der Waals surface area (Å²) in [6.07, 6.45) is 4.29. The Hall–Kier alpha value is -3.26. The van der Waals surface area contributed by atoms with Gasteiger partial charge in [-0.05, 0) is 31.0 Å². The lowest BCUT2D eigenvalue weighted by atomic mass is 10.1. The van der Waals surface area contributed by atoms with E-state index < -0.39 is 14.9 Å². The van der Waals surface area contributed by atoms with Crippen LogP contribution in [0, 0.1) is 10.1 Å². The molecule has 1 aliphatic rings. The summed E-state index contributed by atoms with van der Waals surface area (Å²) in [6, 6.07) is 13.8. The van der Waals surface area contributed by atoms with Crippen LogP contribution >= 0.6 is 0 Å². The quantitative estimate of drug-likeness (QED) is 0.506. The van der Waals surface area contributed by atoms with Crippen molar-refractivity contribution >= 4 is 21.5 Å². The average Bonchev–Trinajstić information content (AvgIpc) is 3.14. The predicted octanol–water partition coefficient (Wildman–Crippen LogP) is 3.98. The zero-order valence-electron chi connectivity index (χ0n) is 15.8. The number of nitro groups is 1. The van der Waals surface area contributed by atoms with E-state index in [0.29, 0.717) is 24.1 Å². The van der Waals surface area contributed by atoms with Crippen molar-refractivity contribution in [3.8, 4) is 0 Å². The summed E-state index contributed by atoms with van der Waals surface area (Å²) in [7, 11) is -4.06. The van der Waals surface area contributed by atoms with E-state index in [1.54, 1.807) is 43.3 Å². The molecule has 0 heterocycles. The number of nitro benzene ring substituents is 1. The molecule has 2 aromatic rings. The summed E-state index contributed by atoms with van der Waals surface area (Å²) in [4.78, 5) is 22.5. The number of sulfonamides is 1. The molecule has 0 unspecified atom stereocenters. The maximum Gasteiger partial charge on any atom is 0.269 e. The first-order chi connectivity index (χ1) is 13.8. The standard InChI is InChI=1S/C21H20N2O5S/c1-2-20(19-9-6-10-21(19)24)22(15-16-7-4-3-5-8-16)29(27,28)18-13-11-17(12-14-18)23(25)26/h2-5,7-9,11-14H,6,10,15H2,1H3/b20-2+. The Kier molecular flexibility index (Phi) is 5.93. The van der Waals surface area contributed by atoms with Crippen molar-refractivity contribution in [3.05, 3.63) is 93.7 Å². The van der Waals surface area contributed by atoms with Gasteiger partial charge in [-0.1, -0.05) is 42.5 Å². The summed E-state index contributed by atoms with van der Waals surface area (Å²) in [5.74, 6) is -0.102. The Morgan fingerprint density at radius 3 is 2.31 bits per heavy atom.